The van der Waals surface area contributed by atoms with E-state index < -0.39 is 5.97 Å². The summed E-state index contributed by atoms with van der Waals surface area (Å²) < 4.78 is 0. The minimum absolute atomic E-state index is 0.471. The van der Waals surface area contributed by atoms with Gasteiger partial charge in [-0.1, -0.05) is 32.1 Å². The van der Waals surface area contributed by atoms with Crippen LogP contribution in [0.1, 0.15) is 13.8 Å². The van der Waals surface area contributed by atoms with Crippen LogP contribution in [-0.2, 0) is 4.79 Å². The van der Waals surface area contributed by atoms with Gasteiger partial charge in [-0.15, -0.1) is 0 Å². The van der Waals surface area contributed by atoms with E-state index in [1.165, 1.54) is 6.08 Å². The first-order valence-electron chi connectivity index (χ1n) is 3.20. The highest BCUT2D eigenvalue weighted by atomic mass is 16.4. The molecule has 2 heteroatoms. The van der Waals surface area contributed by atoms with Crippen LogP contribution >= 0.6 is 0 Å². The first kappa shape index (κ1) is 8.95. The molecular formula is C8H12O2. The van der Waals surface area contributed by atoms with Crippen molar-refractivity contribution >= 4 is 5.97 Å². The van der Waals surface area contributed by atoms with Crippen molar-refractivity contribution in [2.75, 3.05) is 0 Å². The van der Waals surface area contributed by atoms with E-state index in [2.05, 4.69) is 0 Å². The van der Waals surface area contributed by atoms with Crippen LogP contribution in [0.15, 0.2) is 24.3 Å². The zero-order chi connectivity index (χ0) is 7.98. The van der Waals surface area contributed by atoms with Crippen LogP contribution in [0.5, 0.6) is 0 Å². The molecule has 0 fully saturated rings. The van der Waals surface area contributed by atoms with Gasteiger partial charge in [-0.05, 0) is 5.92 Å². The quantitative estimate of drug-likeness (QED) is 0.479. The predicted molar refractivity (Wildman–Crippen MR) is 40.8 cm³/mol. The van der Waals surface area contributed by atoms with Gasteiger partial charge in [0.05, 0.1) is 0 Å². The lowest BCUT2D eigenvalue weighted by Crippen LogP contribution is -1.84. The summed E-state index contributed by atoms with van der Waals surface area (Å²) in [5.41, 5.74) is 0. The van der Waals surface area contributed by atoms with Crippen LogP contribution in [-0.4, -0.2) is 11.1 Å². The van der Waals surface area contributed by atoms with Crippen molar-refractivity contribution in [3.05, 3.63) is 24.3 Å². The highest BCUT2D eigenvalue weighted by Gasteiger charge is 1.82. The number of carboxylic acids is 1. The summed E-state index contributed by atoms with van der Waals surface area (Å²) in [6.45, 7) is 4.07. The van der Waals surface area contributed by atoms with Crippen molar-refractivity contribution in [3.8, 4) is 0 Å². The minimum atomic E-state index is -0.909. The van der Waals surface area contributed by atoms with Crippen LogP contribution in [0.25, 0.3) is 0 Å². The summed E-state index contributed by atoms with van der Waals surface area (Å²) in [7, 11) is 0. The number of rotatable bonds is 3. The van der Waals surface area contributed by atoms with Gasteiger partial charge >= 0.3 is 5.97 Å². The first-order chi connectivity index (χ1) is 4.63. The fraction of sp³-hybridized carbons (Fsp3) is 0.375. The van der Waals surface area contributed by atoms with Gasteiger partial charge in [0.15, 0.2) is 0 Å². The summed E-state index contributed by atoms with van der Waals surface area (Å²) in [6.07, 6.45) is 6.29. The van der Waals surface area contributed by atoms with E-state index >= 15 is 0 Å². The third-order valence-electron chi connectivity index (χ3n) is 0.846. The molecule has 56 valence electrons. The molecule has 0 saturated carbocycles. The molecule has 0 aliphatic carbocycles. The highest BCUT2D eigenvalue weighted by molar-refractivity contribution is 5.80. The number of carbonyl (C=O) groups is 1. The summed E-state index contributed by atoms with van der Waals surface area (Å²) in [6, 6.07) is 0. The second kappa shape index (κ2) is 4.79. The SMILES string of the molecule is CC(C)/C=C/C=C/C(=O)O. The van der Waals surface area contributed by atoms with Crippen LogP contribution < -0.4 is 0 Å². The van der Waals surface area contributed by atoms with Gasteiger partial charge < -0.3 is 5.11 Å². The molecule has 0 aromatic rings. The van der Waals surface area contributed by atoms with Gasteiger partial charge in [0.25, 0.3) is 0 Å². The zero-order valence-electron chi connectivity index (χ0n) is 6.24. The molecule has 0 aromatic heterocycles. The monoisotopic (exact) mass is 140 g/mol. The molecule has 0 amide bonds. The lowest BCUT2D eigenvalue weighted by Gasteiger charge is -1.88. The van der Waals surface area contributed by atoms with E-state index in [0.717, 1.165) is 6.08 Å². The average molecular weight is 140 g/mol. The van der Waals surface area contributed by atoms with Crippen molar-refractivity contribution < 1.29 is 9.90 Å². The molecule has 0 bridgehead atoms. The topological polar surface area (TPSA) is 37.3 Å². The zero-order valence-corrected chi connectivity index (χ0v) is 6.24. The predicted octanol–water partition coefficient (Wildman–Crippen LogP) is 1.84. The Morgan fingerprint density at radius 2 is 2.00 bits per heavy atom. The number of hydrogen-bond acceptors (Lipinski definition) is 1. The maximum Gasteiger partial charge on any atom is 0.328 e. The van der Waals surface area contributed by atoms with E-state index in [4.69, 9.17) is 5.11 Å². The first-order valence-corrected chi connectivity index (χ1v) is 3.20. The van der Waals surface area contributed by atoms with Gasteiger partial charge in [0.1, 0.15) is 0 Å². The van der Waals surface area contributed by atoms with E-state index in [-0.39, 0.29) is 0 Å². The highest BCUT2D eigenvalue weighted by Crippen LogP contribution is 1.92. The van der Waals surface area contributed by atoms with Crippen molar-refractivity contribution in [1.82, 2.24) is 0 Å². The molecule has 0 saturated heterocycles. The Kier molecular flexibility index (Phi) is 4.29. The Morgan fingerprint density at radius 3 is 2.40 bits per heavy atom. The van der Waals surface area contributed by atoms with Crippen LogP contribution in [0, 0.1) is 5.92 Å². The Balaban J connectivity index is 3.62. The van der Waals surface area contributed by atoms with Crippen molar-refractivity contribution in [2.24, 2.45) is 5.92 Å². The molecule has 0 atom stereocenters. The minimum Gasteiger partial charge on any atom is -0.478 e. The Labute approximate surface area is 60.9 Å². The molecule has 0 heterocycles. The molecule has 2 nitrogen and oxygen atoms in total. The molecule has 0 rings (SSSR count). The fourth-order valence-corrected chi connectivity index (χ4v) is 0.424. The fourth-order valence-electron chi connectivity index (χ4n) is 0.424. The molecular weight excluding hydrogens is 128 g/mol. The Hall–Kier alpha value is -1.05. The number of aliphatic carboxylic acids is 1. The standard InChI is InChI=1S/C8H12O2/c1-7(2)5-3-4-6-8(9)10/h3-7H,1-2H3,(H,9,10)/b5-3+,6-4+. The Bertz CT molecular complexity index is 155. The summed E-state index contributed by atoms with van der Waals surface area (Å²) in [5.74, 6) is -0.438. The molecule has 0 unspecified atom stereocenters. The van der Waals surface area contributed by atoms with E-state index in [9.17, 15) is 4.79 Å². The number of hydrogen-bond donors (Lipinski definition) is 1. The molecule has 1 N–H and O–H groups in total. The second-order valence-electron chi connectivity index (χ2n) is 2.33. The van der Waals surface area contributed by atoms with Crippen molar-refractivity contribution in [3.63, 3.8) is 0 Å². The van der Waals surface area contributed by atoms with Crippen LogP contribution in [0.2, 0.25) is 0 Å². The van der Waals surface area contributed by atoms with E-state index in [0.29, 0.717) is 5.92 Å². The largest absolute Gasteiger partial charge is 0.478 e. The Morgan fingerprint density at radius 1 is 1.40 bits per heavy atom. The summed E-state index contributed by atoms with van der Waals surface area (Å²) in [5, 5.41) is 8.16. The van der Waals surface area contributed by atoms with Crippen molar-refractivity contribution in [1.29, 1.82) is 0 Å². The van der Waals surface area contributed by atoms with Gasteiger partial charge in [-0.3, -0.25) is 0 Å². The second-order valence-corrected chi connectivity index (χ2v) is 2.33. The maximum absolute atomic E-state index is 9.92. The van der Waals surface area contributed by atoms with E-state index in [1.54, 1.807) is 6.08 Å². The third kappa shape index (κ3) is 6.95. The average Bonchev–Trinajstić information content (AvgIpc) is 1.79. The van der Waals surface area contributed by atoms with Gasteiger partial charge in [0.2, 0.25) is 0 Å². The van der Waals surface area contributed by atoms with Crippen molar-refractivity contribution in [2.45, 2.75) is 13.8 Å². The molecule has 0 spiro atoms. The van der Waals surface area contributed by atoms with Gasteiger partial charge in [-0.2, -0.15) is 0 Å². The third-order valence-corrected chi connectivity index (χ3v) is 0.846. The lowest BCUT2D eigenvalue weighted by atomic mass is 10.2. The summed E-state index contributed by atoms with van der Waals surface area (Å²) >= 11 is 0. The van der Waals surface area contributed by atoms with E-state index in [1.807, 2.05) is 19.9 Å². The smallest absolute Gasteiger partial charge is 0.328 e. The molecule has 0 aliphatic rings. The number of allylic oxidation sites excluding steroid dienone is 3. The molecule has 0 aliphatic heterocycles. The van der Waals surface area contributed by atoms with Crippen LogP contribution in [0.4, 0.5) is 0 Å². The lowest BCUT2D eigenvalue weighted by molar-refractivity contribution is -0.131. The molecule has 0 radical (unpaired) electrons. The molecule has 10 heavy (non-hydrogen) atoms. The number of carboxylic acid groups (broad SMARTS) is 1. The maximum atomic E-state index is 9.92. The van der Waals surface area contributed by atoms with Gasteiger partial charge in [0, 0.05) is 6.08 Å². The molecule has 0 aromatic carbocycles. The summed E-state index contributed by atoms with van der Waals surface area (Å²) in [4.78, 5) is 9.92. The normalized spacial score (nSPS) is 11.9. The van der Waals surface area contributed by atoms with Gasteiger partial charge in [-0.25, -0.2) is 4.79 Å². The van der Waals surface area contributed by atoms with Crippen LogP contribution in [0.3, 0.4) is 0 Å².